The van der Waals surface area contributed by atoms with E-state index in [0.717, 1.165) is 50.1 Å². The fourth-order valence-corrected chi connectivity index (χ4v) is 6.64. The van der Waals surface area contributed by atoms with Crippen molar-refractivity contribution in [3.8, 4) is 22.3 Å². The molecule has 0 saturated heterocycles. The summed E-state index contributed by atoms with van der Waals surface area (Å²) in [6.45, 7) is 20.9. The van der Waals surface area contributed by atoms with Crippen LogP contribution in [0, 0.1) is 41.5 Å². The van der Waals surface area contributed by atoms with E-state index in [-0.39, 0.29) is 12.0 Å². The van der Waals surface area contributed by atoms with Gasteiger partial charge in [0.1, 0.15) is 0 Å². The molecule has 0 heterocycles. The average Bonchev–Trinajstić information content (AvgIpc) is 2.65. The highest BCUT2D eigenvalue weighted by Gasteiger charge is 2.34. The Hall–Kier alpha value is -2.19. The fourth-order valence-electron chi connectivity index (χ4n) is 5.20. The summed E-state index contributed by atoms with van der Waals surface area (Å²) in [7, 11) is -4.13. The van der Waals surface area contributed by atoms with Crippen molar-refractivity contribution in [1.82, 2.24) is 0 Å². The van der Waals surface area contributed by atoms with Crippen molar-refractivity contribution < 1.29 is 14.0 Å². The lowest BCUT2D eigenvalue weighted by Crippen LogP contribution is -2.20. The molecule has 0 aromatic heterocycles. The van der Waals surface area contributed by atoms with E-state index in [4.69, 9.17) is 4.52 Å². The smallest absolute Gasteiger partial charge is 0.321 e. The molecule has 0 fully saturated rings. The number of hydrogen-bond acceptors (Lipinski definition) is 2. The molecule has 0 radical (unpaired) electrons. The minimum Gasteiger partial charge on any atom is -0.321 e. The summed E-state index contributed by atoms with van der Waals surface area (Å²) in [6.07, 6.45) is 0. The Morgan fingerprint density at radius 3 is 1.38 bits per heavy atom. The van der Waals surface area contributed by atoms with Crippen molar-refractivity contribution in [2.75, 3.05) is 6.61 Å². The second kappa shape index (κ2) is 9.46. The van der Waals surface area contributed by atoms with Gasteiger partial charge in [0.25, 0.3) is 0 Å². The summed E-state index contributed by atoms with van der Waals surface area (Å²) >= 11 is 0. The molecule has 182 valence electrons. The number of benzene rings is 3. The molecule has 0 aliphatic heterocycles. The minimum atomic E-state index is -4.13. The minimum absolute atomic E-state index is 0.147. The van der Waals surface area contributed by atoms with Gasteiger partial charge in [-0.15, -0.1) is 0 Å². The van der Waals surface area contributed by atoms with Crippen LogP contribution in [0.1, 0.15) is 66.6 Å². The van der Waals surface area contributed by atoms with E-state index < -0.39 is 7.60 Å². The second-order valence-electron chi connectivity index (χ2n) is 10.7. The van der Waals surface area contributed by atoms with Crippen LogP contribution in [-0.4, -0.2) is 11.5 Å². The van der Waals surface area contributed by atoms with Crippen molar-refractivity contribution in [2.24, 2.45) is 0 Å². The standard InChI is InChI=1S/C30H39O3P/c1-11-33-34(31,32)29-25(27-20(4)12-18(2)13-21(27)5)16-24(30(8,9)10)17-26(29)28-22(6)14-19(3)15-23(28)7/h12-17H,11H2,1-10H3,(H,31,32). The van der Waals surface area contributed by atoms with Crippen LogP contribution in [0.4, 0.5) is 0 Å². The zero-order valence-electron chi connectivity index (χ0n) is 22.4. The van der Waals surface area contributed by atoms with Gasteiger partial charge in [-0.3, -0.25) is 4.57 Å². The predicted octanol–water partition coefficient (Wildman–Crippen LogP) is 8.02. The maximum absolute atomic E-state index is 13.9. The molecule has 3 aromatic carbocycles. The second-order valence-corrected chi connectivity index (χ2v) is 12.4. The van der Waals surface area contributed by atoms with E-state index in [1.807, 2.05) is 0 Å². The number of hydrogen-bond donors (Lipinski definition) is 1. The Kier molecular flexibility index (Phi) is 7.35. The van der Waals surface area contributed by atoms with Crippen molar-refractivity contribution in [2.45, 2.75) is 74.7 Å². The Bertz CT molecular complexity index is 1170. The predicted molar refractivity (Wildman–Crippen MR) is 146 cm³/mol. The van der Waals surface area contributed by atoms with E-state index in [0.29, 0.717) is 5.30 Å². The molecule has 1 unspecified atom stereocenters. The van der Waals surface area contributed by atoms with Gasteiger partial charge < -0.3 is 9.42 Å². The highest BCUT2D eigenvalue weighted by molar-refractivity contribution is 7.62. The van der Waals surface area contributed by atoms with Gasteiger partial charge in [0.2, 0.25) is 0 Å². The van der Waals surface area contributed by atoms with Gasteiger partial charge in [0, 0.05) is 0 Å². The normalized spacial score (nSPS) is 13.7. The lowest BCUT2D eigenvalue weighted by molar-refractivity contribution is 0.284. The third-order valence-electron chi connectivity index (χ3n) is 6.46. The molecular weight excluding hydrogens is 439 g/mol. The third kappa shape index (κ3) is 5.08. The quantitative estimate of drug-likeness (QED) is 0.378. The number of rotatable bonds is 5. The average molecular weight is 479 g/mol. The lowest BCUT2D eigenvalue weighted by atomic mass is 9.81. The van der Waals surface area contributed by atoms with Gasteiger partial charge >= 0.3 is 7.60 Å². The first-order chi connectivity index (χ1) is 15.7. The first-order valence-electron chi connectivity index (χ1n) is 12.0. The van der Waals surface area contributed by atoms with Crippen LogP contribution in [0.3, 0.4) is 0 Å². The third-order valence-corrected chi connectivity index (χ3v) is 8.11. The summed E-state index contributed by atoms with van der Waals surface area (Å²) in [6, 6.07) is 12.8. The maximum atomic E-state index is 13.9. The lowest BCUT2D eigenvalue weighted by Gasteiger charge is -2.28. The summed E-state index contributed by atoms with van der Waals surface area (Å²) < 4.78 is 19.5. The number of aryl methyl sites for hydroxylation is 6. The van der Waals surface area contributed by atoms with Crippen molar-refractivity contribution in [3.63, 3.8) is 0 Å². The molecule has 0 saturated carbocycles. The largest absolute Gasteiger partial charge is 0.360 e. The zero-order chi connectivity index (χ0) is 25.6. The van der Waals surface area contributed by atoms with E-state index in [1.54, 1.807) is 6.92 Å². The Labute approximate surface area is 205 Å². The van der Waals surface area contributed by atoms with Crippen LogP contribution >= 0.6 is 7.60 Å². The maximum Gasteiger partial charge on any atom is 0.360 e. The van der Waals surface area contributed by atoms with Gasteiger partial charge in [-0.1, -0.05) is 56.2 Å². The first kappa shape index (κ1) is 26.4. The molecule has 3 rings (SSSR count). The monoisotopic (exact) mass is 478 g/mol. The van der Waals surface area contributed by atoms with Gasteiger partial charge in [0.15, 0.2) is 0 Å². The SMILES string of the molecule is CCOP(=O)(O)c1c(-c2c(C)cc(C)cc2C)cc(C(C)(C)C)cc1-c1c(C)cc(C)cc1C. The van der Waals surface area contributed by atoms with Crippen molar-refractivity contribution in [3.05, 3.63) is 75.3 Å². The molecule has 4 heteroatoms. The van der Waals surface area contributed by atoms with Crippen LogP contribution in [-0.2, 0) is 14.5 Å². The molecule has 1 atom stereocenters. The molecule has 0 aliphatic rings. The van der Waals surface area contributed by atoms with Crippen LogP contribution in [0.15, 0.2) is 36.4 Å². The van der Waals surface area contributed by atoms with Crippen LogP contribution < -0.4 is 5.30 Å². The summed E-state index contributed by atoms with van der Waals surface area (Å²) in [4.78, 5) is 11.4. The van der Waals surface area contributed by atoms with Crippen LogP contribution in [0.5, 0.6) is 0 Å². The molecule has 0 bridgehead atoms. The molecule has 0 amide bonds. The molecule has 3 nitrogen and oxygen atoms in total. The van der Waals surface area contributed by atoms with Crippen LogP contribution in [0.2, 0.25) is 0 Å². The fraction of sp³-hybridized carbons (Fsp3) is 0.400. The highest BCUT2D eigenvalue weighted by atomic mass is 31.2. The highest BCUT2D eigenvalue weighted by Crippen LogP contribution is 2.50. The Balaban J connectivity index is 2.62. The van der Waals surface area contributed by atoms with Crippen molar-refractivity contribution in [1.29, 1.82) is 0 Å². The summed E-state index contributed by atoms with van der Waals surface area (Å²) in [5.41, 5.74) is 11.3. The Morgan fingerprint density at radius 1 is 0.735 bits per heavy atom. The molecule has 34 heavy (non-hydrogen) atoms. The molecule has 0 spiro atoms. The molecule has 3 aromatic rings. The van der Waals surface area contributed by atoms with E-state index >= 15 is 0 Å². The summed E-state index contributed by atoms with van der Waals surface area (Å²) in [5.74, 6) is 0. The van der Waals surface area contributed by atoms with Crippen LogP contribution in [0.25, 0.3) is 22.3 Å². The van der Waals surface area contributed by atoms with Gasteiger partial charge in [-0.2, -0.15) is 0 Å². The first-order valence-corrected chi connectivity index (χ1v) is 13.6. The summed E-state index contributed by atoms with van der Waals surface area (Å²) in [5, 5.41) is 0.396. The van der Waals surface area contributed by atoms with Crippen molar-refractivity contribution >= 4 is 12.9 Å². The topological polar surface area (TPSA) is 46.5 Å². The van der Waals surface area contributed by atoms with Gasteiger partial charge in [-0.05, 0) is 116 Å². The van der Waals surface area contributed by atoms with E-state index in [2.05, 4.69) is 98.7 Å². The van der Waals surface area contributed by atoms with E-state index in [1.165, 1.54) is 11.1 Å². The molecule has 0 aliphatic carbocycles. The Morgan fingerprint density at radius 2 is 1.09 bits per heavy atom. The molecular formula is C30H39O3P. The van der Waals surface area contributed by atoms with E-state index in [9.17, 15) is 9.46 Å². The van der Waals surface area contributed by atoms with Gasteiger partial charge in [0.05, 0.1) is 11.9 Å². The molecule has 1 N–H and O–H groups in total. The zero-order valence-corrected chi connectivity index (χ0v) is 23.3. The van der Waals surface area contributed by atoms with Gasteiger partial charge in [-0.25, -0.2) is 0 Å².